The molecule has 0 fully saturated rings. The van der Waals surface area contributed by atoms with E-state index >= 15 is 0 Å². The number of hydrogen-bond donors (Lipinski definition) is 0. The topological polar surface area (TPSA) is 64.4 Å². The molecule has 7 heteroatoms. The Hall–Kier alpha value is -1.70. The molecule has 1 aromatic heterocycles. The molecule has 0 spiro atoms. The average molecular weight is 349 g/mol. The number of aryl methyl sites for hydroxylation is 2. The second-order valence-electron chi connectivity index (χ2n) is 6.08. The van der Waals surface area contributed by atoms with E-state index in [-0.39, 0.29) is 5.92 Å². The van der Waals surface area contributed by atoms with Gasteiger partial charge in [0.2, 0.25) is 10.0 Å². The lowest BCUT2D eigenvalue weighted by atomic mass is 9.97. The van der Waals surface area contributed by atoms with Crippen LogP contribution in [0.15, 0.2) is 35.4 Å². The highest BCUT2D eigenvalue weighted by atomic mass is 32.2. The SMILES string of the molecule is CCn1ncc2c1CN(S(=O)(=O)c1ccccc1C)C[C@@H]2COC. The first-order valence-corrected chi connectivity index (χ1v) is 9.52. The summed E-state index contributed by atoms with van der Waals surface area (Å²) in [6.07, 6.45) is 1.85. The standard InChI is InChI=1S/C17H23N3O3S/c1-4-20-16-11-19(10-14(12-23-3)15(16)9-18-20)24(21,22)17-8-6-5-7-13(17)2/h5-9,14H,4,10-12H2,1-3H3/t14-/m1/s1. The molecule has 1 aliphatic rings. The first kappa shape index (κ1) is 17.1. The van der Waals surface area contributed by atoms with Crippen LogP contribution in [-0.2, 0) is 27.8 Å². The van der Waals surface area contributed by atoms with Crippen LogP contribution in [0.4, 0.5) is 0 Å². The van der Waals surface area contributed by atoms with Gasteiger partial charge < -0.3 is 4.74 Å². The van der Waals surface area contributed by atoms with Gasteiger partial charge in [-0.25, -0.2) is 8.42 Å². The highest BCUT2D eigenvalue weighted by molar-refractivity contribution is 7.89. The van der Waals surface area contributed by atoms with Crippen molar-refractivity contribution in [1.29, 1.82) is 0 Å². The minimum absolute atomic E-state index is 0.00200. The summed E-state index contributed by atoms with van der Waals surface area (Å²) in [5.74, 6) is -0.00200. The molecule has 3 rings (SSSR count). The van der Waals surface area contributed by atoms with Crippen molar-refractivity contribution in [2.45, 2.75) is 37.8 Å². The maximum atomic E-state index is 13.1. The third-order valence-corrected chi connectivity index (χ3v) is 6.52. The summed E-state index contributed by atoms with van der Waals surface area (Å²) >= 11 is 0. The summed E-state index contributed by atoms with van der Waals surface area (Å²) < 4.78 is 35.0. The van der Waals surface area contributed by atoms with Crippen LogP contribution >= 0.6 is 0 Å². The molecule has 6 nitrogen and oxygen atoms in total. The zero-order valence-electron chi connectivity index (χ0n) is 14.3. The zero-order valence-corrected chi connectivity index (χ0v) is 15.1. The average Bonchev–Trinajstić information content (AvgIpc) is 2.98. The molecule has 0 N–H and O–H groups in total. The summed E-state index contributed by atoms with van der Waals surface area (Å²) in [5.41, 5.74) is 2.81. The molecule has 24 heavy (non-hydrogen) atoms. The molecule has 130 valence electrons. The lowest BCUT2D eigenvalue weighted by Crippen LogP contribution is -2.40. The number of hydrogen-bond acceptors (Lipinski definition) is 4. The number of methoxy groups -OCH3 is 1. The largest absolute Gasteiger partial charge is 0.384 e. The molecule has 0 bridgehead atoms. The van der Waals surface area contributed by atoms with Gasteiger partial charge in [-0.2, -0.15) is 9.40 Å². The van der Waals surface area contributed by atoms with Gasteiger partial charge in [0.05, 0.1) is 29.9 Å². The summed E-state index contributed by atoms with van der Waals surface area (Å²) in [6, 6.07) is 7.11. The van der Waals surface area contributed by atoms with Crippen LogP contribution in [0.25, 0.3) is 0 Å². The molecule has 2 aromatic rings. The number of nitrogens with zero attached hydrogens (tertiary/aromatic N) is 3. The molecule has 0 unspecified atom stereocenters. The Bertz CT molecular complexity index is 829. The van der Waals surface area contributed by atoms with Gasteiger partial charge >= 0.3 is 0 Å². The lowest BCUT2D eigenvalue weighted by Gasteiger charge is -2.32. The predicted octanol–water partition coefficient (Wildman–Crippen LogP) is 2.15. The van der Waals surface area contributed by atoms with Crippen LogP contribution in [-0.4, -0.2) is 42.8 Å². The van der Waals surface area contributed by atoms with Gasteiger partial charge in [0.25, 0.3) is 0 Å². The predicted molar refractivity (Wildman–Crippen MR) is 91.3 cm³/mol. The van der Waals surface area contributed by atoms with Crippen molar-refractivity contribution in [2.24, 2.45) is 0 Å². The van der Waals surface area contributed by atoms with E-state index in [1.165, 1.54) is 0 Å². The van der Waals surface area contributed by atoms with Gasteiger partial charge in [-0.15, -0.1) is 0 Å². The Morgan fingerprint density at radius 3 is 2.75 bits per heavy atom. The van der Waals surface area contributed by atoms with Gasteiger partial charge in [0.15, 0.2) is 0 Å². The fourth-order valence-corrected chi connectivity index (χ4v) is 4.97. The van der Waals surface area contributed by atoms with Crippen molar-refractivity contribution >= 4 is 10.0 Å². The van der Waals surface area contributed by atoms with E-state index in [2.05, 4.69) is 5.10 Å². The maximum absolute atomic E-state index is 13.1. The van der Waals surface area contributed by atoms with E-state index in [0.29, 0.717) is 31.1 Å². The van der Waals surface area contributed by atoms with E-state index in [4.69, 9.17) is 4.74 Å². The van der Waals surface area contributed by atoms with E-state index in [1.807, 2.05) is 36.9 Å². The van der Waals surface area contributed by atoms with Crippen LogP contribution in [0.5, 0.6) is 0 Å². The Morgan fingerprint density at radius 1 is 1.33 bits per heavy atom. The van der Waals surface area contributed by atoms with E-state index < -0.39 is 10.0 Å². The van der Waals surface area contributed by atoms with Crippen LogP contribution in [0.3, 0.4) is 0 Å². The van der Waals surface area contributed by atoms with Crippen molar-refractivity contribution in [1.82, 2.24) is 14.1 Å². The van der Waals surface area contributed by atoms with Crippen LogP contribution in [0, 0.1) is 6.92 Å². The smallest absolute Gasteiger partial charge is 0.243 e. The normalized spacial score (nSPS) is 18.5. The molecule has 1 atom stereocenters. The first-order valence-electron chi connectivity index (χ1n) is 8.08. The molecule has 1 aromatic carbocycles. The molecule has 2 heterocycles. The minimum atomic E-state index is -3.55. The van der Waals surface area contributed by atoms with Crippen molar-refractivity contribution in [3.8, 4) is 0 Å². The molecule has 1 aliphatic heterocycles. The third-order valence-electron chi connectivity index (χ3n) is 4.55. The lowest BCUT2D eigenvalue weighted by molar-refractivity contribution is 0.162. The Morgan fingerprint density at radius 2 is 2.08 bits per heavy atom. The highest BCUT2D eigenvalue weighted by Crippen LogP contribution is 2.32. The number of aromatic nitrogens is 2. The summed E-state index contributed by atoms with van der Waals surface area (Å²) in [5, 5.41) is 4.40. The van der Waals surface area contributed by atoms with Crippen LogP contribution in [0.2, 0.25) is 0 Å². The molecular formula is C17H23N3O3S. The molecule has 0 amide bonds. The number of benzene rings is 1. The number of fused-ring (bicyclic) bond motifs is 1. The molecule has 0 aliphatic carbocycles. The fraction of sp³-hybridized carbons (Fsp3) is 0.471. The van der Waals surface area contributed by atoms with E-state index in [0.717, 1.165) is 16.8 Å². The van der Waals surface area contributed by atoms with Gasteiger partial charge in [-0.3, -0.25) is 4.68 Å². The molecule has 0 saturated heterocycles. The second-order valence-corrected chi connectivity index (χ2v) is 7.98. The second kappa shape index (κ2) is 6.66. The third kappa shape index (κ3) is 2.87. The van der Waals surface area contributed by atoms with Gasteiger partial charge in [0, 0.05) is 31.7 Å². The first-order chi connectivity index (χ1) is 11.5. The Balaban J connectivity index is 2.02. The Labute approximate surface area is 143 Å². The molecule has 0 saturated carbocycles. The van der Waals surface area contributed by atoms with E-state index in [9.17, 15) is 8.42 Å². The quantitative estimate of drug-likeness (QED) is 0.830. The zero-order chi connectivity index (χ0) is 17.3. The highest BCUT2D eigenvalue weighted by Gasteiger charge is 2.36. The monoisotopic (exact) mass is 349 g/mol. The van der Waals surface area contributed by atoms with Gasteiger partial charge in [0.1, 0.15) is 0 Å². The molecule has 0 radical (unpaired) electrons. The van der Waals surface area contributed by atoms with Crippen molar-refractivity contribution in [2.75, 3.05) is 20.3 Å². The molecular weight excluding hydrogens is 326 g/mol. The maximum Gasteiger partial charge on any atom is 0.243 e. The summed E-state index contributed by atoms with van der Waals surface area (Å²) in [4.78, 5) is 0.368. The Kier molecular flexibility index (Phi) is 4.76. The van der Waals surface area contributed by atoms with Crippen molar-refractivity contribution in [3.63, 3.8) is 0 Å². The number of rotatable bonds is 5. The summed E-state index contributed by atoms with van der Waals surface area (Å²) in [7, 11) is -1.92. The minimum Gasteiger partial charge on any atom is -0.384 e. The van der Waals surface area contributed by atoms with Crippen molar-refractivity contribution < 1.29 is 13.2 Å². The fourth-order valence-electron chi connectivity index (χ4n) is 3.30. The van der Waals surface area contributed by atoms with Crippen LogP contribution < -0.4 is 0 Å². The van der Waals surface area contributed by atoms with Crippen LogP contribution in [0.1, 0.15) is 29.7 Å². The van der Waals surface area contributed by atoms with Crippen molar-refractivity contribution in [3.05, 3.63) is 47.3 Å². The van der Waals surface area contributed by atoms with E-state index in [1.54, 1.807) is 23.5 Å². The number of ether oxygens (including phenoxy) is 1. The summed E-state index contributed by atoms with van der Waals surface area (Å²) in [6.45, 7) is 5.78. The number of sulfonamides is 1. The van der Waals surface area contributed by atoms with Gasteiger partial charge in [-0.05, 0) is 25.5 Å². The van der Waals surface area contributed by atoms with Gasteiger partial charge in [-0.1, -0.05) is 18.2 Å².